The number of carbonyl (C=O) groups is 1. The molecule has 4 aromatic rings. The third-order valence-corrected chi connectivity index (χ3v) is 7.43. The Hall–Kier alpha value is -3.85. The van der Waals surface area contributed by atoms with Gasteiger partial charge in [0.1, 0.15) is 11.4 Å². The van der Waals surface area contributed by atoms with Crippen molar-refractivity contribution in [3.8, 4) is 11.5 Å². The number of rotatable bonds is 9. The maximum atomic E-state index is 13.4. The van der Waals surface area contributed by atoms with Crippen LogP contribution in [-0.4, -0.2) is 35.8 Å². The van der Waals surface area contributed by atoms with Crippen LogP contribution in [0.1, 0.15) is 21.6 Å². The van der Waals surface area contributed by atoms with Crippen molar-refractivity contribution in [3.63, 3.8) is 0 Å². The SMILES string of the molecule is COc1ccc(CCNC(=O)Cn2c(=O)n(Cc3ccccc3)c(=O)c3c(C)c(C)sc32)cc1OC. The average Bonchev–Trinajstić information content (AvgIpc) is 3.18. The second-order valence-corrected chi connectivity index (χ2v) is 9.70. The minimum Gasteiger partial charge on any atom is -0.493 e. The van der Waals surface area contributed by atoms with Gasteiger partial charge in [-0.25, -0.2) is 4.79 Å². The van der Waals surface area contributed by atoms with Crippen LogP contribution in [0, 0.1) is 13.8 Å². The van der Waals surface area contributed by atoms with E-state index in [0.717, 1.165) is 21.6 Å². The van der Waals surface area contributed by atoms with Crippen LogP contribution in [0.5, 0.6) is 11.5 Å². The van der Waals surface area contributed by atoms with Crippen LogP contribution < -0.4 is 26.0 Å². The number of aromatic nitrogens is 2. The molecule has 8 nitrogen and oxygen atoms in total. The fraction of sp³-hybridized carbons (Fsp3) is 0.296. The van der Waals surface area contributed by atoms with Crippen LogP contribution in [0.4, 0.5) is 0 Å². The summed E-state index contributed by atoms with van der Waals surface area (Å²) in [6.45, 7) is 4.15. The molecule has 0 saturated heterocycles. The second-order valence-electron chi connectivity index (χ2n) is 8.50. The number of methoxy groups -OCH3 is 2. The van der Waals surface area contributed by atoms with Crippen LogP contribution in [0.15, 0.2) is 58.1 Å². The lowest BCUT2D eigenvalue weighted by Gasteiger charge is -2.13. The maximum Gasteiger partial charge on any atom is 0.332 e. The minimum absolute atomic E-state index is 0.143. The van der Waals surface area contributed by atoms with Gasteiger partial charge in [-0.3, -0.25) is 18.7 Å². The van der Waals surface area contributed by atoms with Crippen LogP contribution in [0.3, 0.4) is 0 Å². The molecule has 188 valence electrons. The monoisotopic (exact) mass is 507 g/mol. The van der Waals surface area contributed by atoms with Gasteiger partial charge in [-0.15, -0.1) is 11.3 Å². The van der Waals surface area contributed by atoms with Crippen molar-refractivity contribution in [3.05, 3.63) is 90.9 Å². The quantitative estimate of drug-likeness (QED) is 0.376. The number of nitrogens with zero attached hydrogens (tertiary/aromatic N) is 2. The summed E-state index contributed by atoms with van der Waals surface area (Å²) in [6, 6.07) is 15.0. The van der Waals surface area contributed by atoms with E-state index in [2.05, 4.69) is 5.32 Å². The Morgan fingerprint density at radius 1 is 0.944 bits per heavy atom. The fourth-order valence-corrected chi connectivity index (χ4v) is 5.27. The van der Waals surface area contributed by atoms with Crippen molar-refractivity contribution < 1.29 is 14.3 Å². The summed E-state index contributed by atoms with van der Waals surface area (Å²) >= 11 is 1.36. The summed E-state index contributed by atoms with van der Waals surface area (Å²) in [5.74, 6) is 0.965. The predicted octanol–water partition coefficient (Wildman–Crippen LogP) is 3.27. The van der Waals surface area contributed by atoms with Gasteiger partial charge >= 0.3 is 5.69 Å². The zero-order chi connectivity index (χ0) is 25.8. The van der Waals surface area contributed by atoms with E-state index in [0.29, 0.717) is 34.7 Å². The first-order chi connectivity index (χ1) is 17.3. The van der Waals surface area contributed by atoms with E-state index in [9.17, 15) is 14.4 Å². The number of fused-ring (bicyclic) bond motifs is 1. The Labute approximate surface area is 212 Å². The topological polar surface area (TPSA) is 91.6 Å². The van der Waals surface area contributed by atoms with E-state index >= 15 is 0 Å². The number of ether oxygens (including phenoxy) is 2. The Bertz CT molecular complexity index is 1520. The Morgan fingerprint density at radius 3 is 2.36 bits per heavy atom. The number of thiophene rings is 1. The molecule has 0 aliphatic rings. The third kappa shape index (κ3) is 5.06. The summed E-state index contributed by atoms with van der Waals surface area (Å²) < 4.78 is 13.2. The smallest absolute Gasteiger partial charge is 0.332 e. The molecular weight excluding hydrogens is 478 g/mol. The highest BCUT2D eigenvalue weighted by molar-refractivity contribution is 7.18. The molecule has 0 spiro atoms. The Balaban J connectivity index is 1.57. The van der Waals surface area contributed by atoms with Crippen molar-refractivity contribution in [2.24, 2.45) is 0 Å². The number of benzene rings is 2. The second kappa shape index (κ2) is 10.8. The molecule has 2 aromatic carbocycles. The van der Waals surface area contributed by atoms with Gasteiger partial charge in [0.25, 0.3) is 5.56 Å². The van der Waals surface area contributed by atoms with E-state index in [1.165, 1.54) is 20.5 Å². The van der Waals surface area contributed by atoms with Gasteiger partial charge in [-0.1, -0.05) is 36.4 Å². The third-order valence-electron chi connectivity index (χ3n) is 6.20. The molecule has 4 rings (SSSR count). The molecule has 0 atom stereocenters. The highest BCUT2D eigenvalue weighted by Crippen LogP contribution is 2.28. The summed E-state index contributed by atoms with van der Waals surface area (Å²) in [6.07, 6.45) is 0.584. The molecular formula is C27H29N3O5S. The summed E-state index contributed by atoms with van der Waals surface area (Å²) in [4.78, 5) is 41.0. The molecule has 36 heavy (non-hydrogen) atoms. The highest BCUT2D eigenvalue weighted by Gasteiger charge is 2.20. The largest absolute Gasteiger partial charge is 0.493 e. The van der Waals surface area contributed by atoms with Gasteiger partial charge in [0.2, 0.25) is 5.91 Å². The molecule has 9 heteroatoms. The molecule has 0 radical (unpaired) electrons. The van der Waals surface area contributed by atoms with Crippen LogP contribution in [0.2, 0.25) is 0 Å². The van der Waals surface area contributed by atoms with Gasteiger partial charge in [-0.05, 0) is 49.1 Å². The molecule has 0 aliphatic carbocycles. The van der Waals surface area contributed by atoms with Crippen LogP contribution in [0.25, 0.3) is 10.2 Å². The van der Waals surface area contributed by atoms with Gasteiger partial charge in [-0.2, -0.15) is 0 Å². The molecule has 0 unspecified atom stereocenters. The van der Waals surface area contributed by atoms with Gasteiger partial charge in [0.15, 0.2) is 11.5 Å². The van der Waals surface area contributed by atoms with Crippen LogP contribution in [-0.2, 0) is 24.3 Å². The van der Waals surface area contributed by atoms with Gasteiger partial charge in [0, 0.05) is 11.4 Å². The lowest BCUT2D eigenvalue weighted by atomic mass is 10.1. The first-order valence-corrected chi connectivity index (χ1v) is 12.4. The summed E-state index contributed by atoms with van der Waals surface area (Å²) in [5, 5.41) is 3.38. The molecule has 0 bridgehead atoms. The Kier molecular flexibility index (Phi) is 7.59. The van der Waals surface area contributed by atoms with Crippen molar-refractivity contribution in [2.75, 3.05) is 20.8 Å². The maximum absolute atomic E-state index is 13.4. The van der Waals surface area contributed by atoms with E-state index in [-0.39, 0.29) is 24.6 Å². The number of hydrogen-bond acceptors (Lipinski definition) is 6. The predicted molar refractivity (Wildman–Crippen MR) is 142 cm³/mol. The molecule has 0 fully saturated rings. The number of aryl methyl sites for hydroxylation is 2. The minimum atomic E-state index is -0.493. The van der Waals surface area contributed by atoms with E-state index < -0.39 is 5.69 Å². The van der Waals surface area contributed by atoms with Crippen molar-refractivity contribution in [1.82, 2.24) is 14.5 Å². The first kappa shape index (κ1) is 25.2. The van der Waals surface area contributed by atoms with Gasteiger partial charge in [0.05, 0.1) is 26.2 Å². The molecule has 2 aromatic heterocycles. The first-order valence-electron chi connectivity index (χ1n) is 11.6. The number of hydrogen-bond donors (Lipinski definition) is 1. The molecule has 2 heterocycles. The van der Waals surface area contributed by atoms with Crippen molar-refractivity contribution in [2.45, 2.75) is 33.4 Å². The molecule has 0 saturated carbocycles. The molecule has 0 aliphatic heterocycles. The lowest BCUT2D eigenvalue weighted by Crippen LogP contribution is -2.42. The molecule has 1 N–H and O–H groups in total. The fourth-order valence-electron chi connectivity index (χ4n) is 4.13. The number of nitrogens with one attached hydrogen (secondary N) is 1. The van der Waals surface area contributed by atoms with Gasteiger partial charge < -0.3 is 14.8 Å². The number of amides is 1. The summed E-state index contributed by atoms with van der Waals surface area (Å²) in [7, 11) is 3.16. The highest BCUT2D eigenvalue weighted by atomic mass is 32.1. The standard InChI is InChI=1S/C27H29N3O5S/c1-17-18(2)36-26-24(17)25(32)29(15-20-8-6-5-7-9-20)27(33)30(26)16-23(31)28-13-12-19-10-11-21(34-3)22(14-19)35-4/h5-11,14H,12-13,15-16H2,1-4H3,(H,28,31). The number of carbonyl (C=O) groups excluding carboxylic acids is 1. The zero-order valence-electron chi connectivity index (χ0n) is 20.8. The zero-order valence-corrected chi connectivity index (χ0v) is 21.6. The molecule has 1 amide bonds. The lowest BCUT2D eigenvalue weighted by molar-refractivity contribution is -0.121. The normalized spacial score (nSPS) is 11.0. The van der Waals surface area contributed by atoms with Crippen molar-refractivity contribution in [1.29, 1.82) is 0 Å². The van der Waals surface area contributed by atoms with E-state index in [1.807, 2.05) is 62.4 Å². The van der Waals surface area contributed by atoms with Crippen molar-refractivity contribution >= 4 is 27.5 Å². The average molecular weight is 508 g/mol. The Morgan fingerprint density at radius 2 is 1.67 bits per heavy atom. The van der Waals surface area contributed by atoms with E-state index in [4.69, 9.17) is 9.47 Å². The van der Waals surface area contributed by atoms with Crippen LogP contribution >= 0.6 is 11.3 Å². The van der Waals surface area contributed by atoms with E-state index in [1.54, 1.807) is 14.2 Å². The summed E-state index contributed by atoms with van der Waals surface area (Å²) in [5.41, 5.74) is 1.84.